The Bertz CT molecular complexity index is 283. The molecule has 16 heavy (non-hydrogen) atoms. The lowest BCUT2D eigenvalue weighted by Crippen LogP contribution is -2.11. The lowest BCUT2D eigenvalue weighted by Gasteiger charge is -2.00. The lowest BCUT2D eigenvalue weighted by atomic mass is 10.1. The van der Waals surface area contributed by atoms with Gasteiger partial charge in [0.2, 0.25) is 0 Å². The standard InChI is InChI=1S/C12H18O4/c1-8(2)12(13)15-7-11-10(16-11)5-3-4-9-6-14-9/h9-11H,1,3-7H2,2H3. The van der Waals surface area contributed by atoms with E-state index in [0.29, 0.717) is 18.3 Å². The van der Waals surface area contributed by atoms with Crippen LogP contribution in [0.2, 0.25) is 0 Å². The van der Waals surface area contributed by atoms with Crippen LogP contribution in [-0.4, -0.2) is 37.5 Å². The van der Waals surface area contributed by atoms with Crippen molar-refractivity contribution in [2.75, 3.05) is 13.2 Å². The Morgan fingerprint density at radius 3 is 2.81 bits per heavy atom. The first-order valence-electron chi connectivity index (χ1n) is 5.76. The molecule has 0 aromatic rings. The second-order valence-corrected chi connectivity index (χ2v) is 4.48. The van der Waals surface area contributed by atoms with E-state index in [1.807, 2.05) is 0 Å². The van der Waals surface area contributed by atoms with Crippen molar-refractivity contribution in [2.45, 2.75) is 44.5 Å². The highest BCUT2D eigenvalue weighted by Gasteiger charge is 2.39. The Balaban J connectivity index is 1.49. The van der Waals surface area contributed by atoms with Crippen molar-refractivity contribution in [3.05, 3.63) is 12.2 Å². The molecule has 0 spiro atoms. The Hall–Kier alpha value is -0.870. The summed E-state index contributed by atoms with van der Waals surface area (Å²) in [6.07, 6.45) is 4.16. The van der Waals surface area contributed by atoms with Crippen LogP contribution in [0.25, 0.3) is 0 Å². The van der Waals surface area contributed by atoms with Crippen LogP contribution in [0.15, 0.2) is 12.2 Å². The summed E-state index contributed by atoms with van der Waals surface area (Å²) in [5.74, 6) is -0.333. The maximum absolute atomic E-state index is 11.1. The highest BCUT2D eigenvalue weighted by molar-refractivity contribution is 5.86. The molecule has 0 amide bonds. The van der Waals surface area contributed by atoms with Crippen LogP contribution < -0.4 is 0 Å². The van der Waals surface area contributed by atoms with Gasteiger partial charge in [0, 0.05) is 5.57 Å². The molecule has 0 aliphatic carbocycles. The molecule has 0 N–H and O–H groups in total. The molecule has 2 rings (SSSR count). The lowest BCUT2D eigenvalue weighted by molar-refractivity contribution is -0.139. The van der Waals surface area contributed by atoms with Crippen molar-refractivity contribution in [2.24, 2.45) is 0 Å². The summed E-state index contributed by atoms with van der Waals surface area (Å²) in [5, 5.41) is 0. The summed E-state index contributed by atoms with van der Waals surface area (Å²) >= 11 is 0. The molecule has 2 aliphatic rings. The molecule has 2 aliphatic heterocycles. The third-order valence-electron chi connectivity index (χ3n) is 2.83. The summed E-state index contributed by atoms with van der Waals surface area (Å²) in [5.41, 5.74) is 0.433. The first-order chi connectivity index (χ1) is 7.66. The molecule has 0 aromatic heterocycles. The summed E-state index contributed by atoms with van der Waals surface area (Å²) < 4.78 is 15.5. The topological polar surface area (TPSA) is 51.4 Å². The molecule has 0 aromatic carbocycles. The molecular formula is C12H18O4. The largest absolute Gasteiger partial charge is 0.459 e. The van der Waals surface area contributed by atoms with Gasteiger partial charge < -0.3 is 14.2 Å². The van der Waals surface area contributed by atoms with Gasteiger partial charge in [-0.1, -0.05) is 6.58 Å². The molecular weight excluding hydrogens is 208 g/mol. The van der Waals surface area contributed by atoms with Gasteiger partial charge in [0.1, 0.15) is 12.7 Å². The van der Waals surface area contributed by atoms with Crippen molar-refractivity contribution in [1.29, 1.82) is 0 Å². The van der Waals surface area contributed by atoms with Gasteiger partial charge in [-0.15, -0.1) is 0 Å². The Labute approximate surface area is 95.6 Å². The van der Waals surface area contributed by atoms with Crippen LogP contribution in [0.1, 0.15) is 26.2 Å². The molecule has 2 fully saturated rings. The van der Waals surface area contributed by atoms with Crippen molar-refractivity contribution < 1.29 is 19.0 Å². The van der Waals surface area contributed by atoms with E-state index < -0.39 is 0 Å². The molecule has 3 unspecified atom stereocenters. The molecule has 0 saturated carbocycles. The van der Waals surface area contributed by atoms with Crippen molar-refractivity contribution in [3.63, 3.8) is 0 Å². The minimum absolute atomic E-state index is 0.100. The molecule has 2 saturated heterocycles. The Morgan fingerprint density at radius 2 is 2.19 bits per heavy atom. The van der Waals surface area contributed by atoms with Crippen LogP contribution in [0.5, 0.6) is 0 Å². The fourth-order valence-corrected chi connectivity index (χ4v) is 1.64. The normalized spacial score (nSPS) is 30.9. The smallest absolute Gasteiger partial charge is 0.333 e. The quantitative estimate of drug-likeness (QED) is 0.374. The van der Waals surface area contributed by atoms with E-state index in [1.165, 1.54) is 0 Å². The molecule has 2 heterocycles. The van der Waals surface area contributed by atoms with Crippen LogP contribution in [0, 0.1) is 0 Å². The maximum atomic E-state index is 11.1. The zero-order valence-corrected chi connectivity index (χ0v) is 9.61. The average molecular weight is 226 g/mol. The highest BCUT2D eigenvalue weighted by atomic mass is 16.6. The molecule has 90 valence electrons. The van der Waals surface area contributed by atoms with Crippen molar-refractivity contribution in [1.82, 2.24) is 0 Å². The maximum Gasteiger partial charge on any atom is 0.333 e. The van der Waals surface area contributed by atoms with Crippen molar-refractivity contribution in [3.8, 4) is 0 Å². The number of hydrogen-bond acceptors (Lipinski definition) is 4. The molecule has 4 heteroatoms. The minimum atomic E-state index is -0.333. The average Bonchev–Trinajstić information content (AvgIpc) is 3.10. The molecule has 0 bridgehead atoms. The molecule has 0 radical (unpaired) electrons. The van der Waals surface area contributed by atoms with Gasteiger partial charge in [-0.2, -0.15) is 0 Å². The zero-order valence-electron chi connectivity index (χ0n) is 9.61. The van der Waals surface area contributed by atoms with E-state index in [-0.39, 0.29) is 18.2 Å². The van der Waals surface area contributed by atoms with Crippen LogP contribution in [-0.2, 0) is 19.0 Å². The van der Waals surface area contributed by atoms with Crippen LogP contribution >= 0.6 is 0 Å². The molecule has 3 atom stereocenters. The summed E-state index contributed by atoms with van der Waals surface area (Å²) in [6, 6.07) is 0. The number of carbonyl (C=O) groups excluding carboxylic acids is 1. The second-order valence-electron chi connectivity index (χ2n) is 4.48. The summed E-state index contributed by atoms with van der Waals surface area (Å²) in [7, 11) is 0. The predicted molar refractivity (Wildman–Crippen MR) is 58.0 cm³/mol. The van der Waals surface area contributed by atoms with Gasteiger partial charge in [-0.25, -0.2) is 4.79 Å². The number of esters is 1. The molecule has 4 nitrogen and oxygen atoms in total. The van der Waals surface area contributed by atoms with E-state index in [9.17, 15) is 4.79 Å². The van der Waals surface area contributed by atoms with Gasteiger partial charge >= 0.3 is 5.97 Å². The SMILES string of the molecule is C=C(C)C(=O)OCC1OC1CCCC1CO1. The monoisotopic (exact) mass is 226 g/mol. The summed E-state index contributed by atoms with van der Waals surface area (Å²) in [4.78, 5) is 11.1. The number of carbonyl (C=O) groups is 1. The Morgan fingerprint density at radius 1 is 1.44 bits per heavy atom. The number of epoxide rings is 2. The van der Waals surface area contributed by atoms with Gasteiger partial charge in [-0.05, 0) is 26.2 Å². The third kappa shape index (κ3) is 3.61. The predicted octanol–water partition coefficient (Wildman–Crippen LogP) is 1.44. The highest BCUT2D eigenvalue weighted by Crippen LogP contribution is 2.29. The first-order valence-corrected chi connectivity index (χ1v) is 5.76. The Kier molecular flexibility index (Phi) is 3.61. The number of ether oxygens (including phenoxy) is 3. The first kappa shape index (κ1) is 11.6. The minimum Gasteiger partial charge on any atom is -0.459 e. The van der Waals surface area contributed by atoms with Crippen LogP contribution in [0.3, 0.4) is 0 Å². The van der Waals surface area contributed by atoms with Gasteiger partial charge in [0.25, 0.3) is 0 Å². The van der Waals surface area contributed by atoms with E-state index in [4.69, 9.17) is 14.2 Å². The van der Waals surface area contributed by atoms with E-state index in [2.05, 4.69) is 6.58 Å². The fraction of sp³-hybridized carbons (Fsp3) is 0.750. The second kappa shape index (κ2) is 4.97. The van der Waals surface area contributed by atoms with E-state index in [0.717, 1.165) is 25.9 Å². The van der Waals surface area contributed by atoms with Crippen molar-refractivity contribution >= 4 is 5.97 Å². The number of hydrogen-bond donors (Lipinski definition) is 0. The number of rotatable bonds is 7. The van der Waals surface area contributed by atoms with Gasteiger partial charge in [0.05, 0.1) is 18.8 Å². The summed E-state index contributed by atoms with van der Waals surface area (Å²) in [6.45, 7) is 6.44. The van der Waals surface area contributed by atoms with Gasteiger partial charge in [0.15, 0.2) is 0 Å². The zero-order chi connectivity index (χ0) is 11.5. The van der Waals surface area contributed by atoms with Crippen LogP contribution in [0.4, 0.5) is 0 Å². The van der Waals surface area contributed by atoms with Gasteiger partial charge in [-0.3, -0.25) is 0 Å². The fourth-order valence-electron chi connectivity index (χ4n) is 1.64. The van der Waals surface area contributed by atoms with E-state index >= 15 is 0 Å². The van der Waals surface area contributed by atoms with E-state index in [1.54, 1.807) is 6.92 Å². The third-order valence-corrected chi connectivity index (χ3v) is 2.83.